The van der Waals surface area contributed by atoms with Crippen molar-refractivity contribution < 1.29 is 4.52 Å². The lowest BCUT2D eigenvalue weighted by Crippen LogP contribution is -2.03. The summed E-state index contributed by atoms with van der Waals surface area (Å²) >= 11 is 0. The first-order valence-electron chi connectivity index (χ1n) is 13.2. The van der Waals surface area contributed by atoms with E-state index in [1.807, 2.05) is 25.1 Å². The van der Waals surface area contributed by atoms with Gasteiger partial charge in [-0.25, -0.2) is 4.98 Å². The molecule has 0 spiro atoms. The van der Waals surface area contributed by atoms with Crippen LogP contribution in [-0.4, -0.2) is 20.1 Å². The maximum Gasteiger partial charge on any atom is 0.278 e. The van der Waals surface area contributed by atoms with Gasteiger partial charge in [-0.15, -0.1) is 0 Å². The lowest BCUT2D eigenvalue weighted by molar-refractivity contribution is 0.402. The molecule has 0 bridgehead atoms. The maximum atomic E-state index is 5.71. The molecule has 3 aromatic rings. The minimum absolute atomic E-state index is 0.374. The van der Waals surface area contributed by atoms with E-state index in [9.17, 15) is 0 Å². The van der Waals surface area contributed by atoms with Gasteiger partial charge in [0, 0.05) is 12.3 Å². The van der Waals surface area contributed by atoms with Gasteiger partial charge in [0.25, 0.3) is 5.89 Å². The van der Waals surface area contributed by atoms with Gasteiger partial charge in [0.15, 0.2) is 5.82 Å². The Morgan fingerprint density at radius 2 is 1.46 bits per heavy atom. The highest BCUT2D eigenvalue weighted by molar-refractivity contribution is 5.46. The van der Waals surface area contributed by atoms with E-state index in [2.05, 4.69) is 47.4 Å². The minimum Gasteiger partial charge on any atom is -0.332 e. The summed E-state index contributed by atoms with van der Waals surface area (Å²) in [4.78, 5) is 14.3. The zero-order valence-corrected chi connectivity index (χ0v) is 21.2. The molecule has 0 N–H and O–H groups in total. The van der Waals surface area contributed by atoms with E-state index in [-0.39, 0.29) is 0 Å². The lowest BCUT2D eigenvalue weighted by atomic mass is 9.95. The quantitative estimate of drug-likeness (QED) is 0.388. The molecular formula is C30H38N4O. The lowest BCUT2D eigenvalue weighted by Gasteiger charge is -2.12. The fourth-order valence-corrected chi connectivity index (χ4v) is 4.78. The maximum absolute atomic E-state index is 5.71. The molecule has 4 rings (SSSR count). The number of hydrogen-bond acceptors (Lipinski definition) is 5. The summed E-state index contributed by atoms with van der Waals surface area (Å²) in [5.41, 5.74) is 4.87. The van der Waals surface area contributed by atoms with Gasteiger partial charge in [-0.2, -0.15) is 4.98 Å². The van der Waals surface area contributed by atoms with E-state index in [1.54, 1.807) is 6.20 Å². The Balaban J connectivity index is 1.55. The van der Waals surface area contributed by atoms with Gasteiger partial charge in [0.2, 0.25) is 0 Å². The summed E-state index contributed by atoms with van der Waals surface area (Å²) in [5, 5.41) is 4.39. The molecule has 0 unspecified atom stereocenters. The largest absolute Gasteiger partial charge is 0.332 e. The second-order valence-electron chi connectivity index (χ2n) is 9.78. The Morgan fingerprint density at radius 1 is 0.800 bits per heavy atom. The van der Waals surface area contributed by atoms with Crippen LogP contribution in [0.3, 0.4) is 0 Å². The highest BCUT2D eigenvalue weighted by Gasteiger charge is 2.20. The second kappa shape index (κ2) is 13.1. The van der Waals surface area contributed by atoms with Gasteiger partial charge in [-0.3, -0.25) is 4.98 Å². The summed E-state index contributed by atoms with van der Waals surface area (Å²) < 4.78 is 5.71. The molecule has 0 saturated heterocycles. The molecule has 1 fully saturated rings. The van der Waals surface area contributed by atoms with E-state index in [0.717, 1.165) is 30.1 Å². The molecule has 184 valence electrons. The van der Waals surface area contributed by atoms with Crippen molar-refractivity contribution in [3.8, 4) is 11.6 Å². The molecule has 0 aliphatic heterocycles. The van der Waals surface area contributed by atoms with Gasteiger partial charge in [-0.05, 0) is 32.3 Å². The van der Waals surface area contributed by atoms with Crippen molar-refractivity contribution in [3.05, 3.63) is 83.1 Å². The van der Waals surface area contributed by atoms with Crippen molar-refractivity contribution in [2.24, 2.45) is 0 Å². The van der Waals surface area contributed by atoms with Crippen molar-refractivity contribution in [1.29, 1.82) is 0 Å². The molecule has 0 atom stereocenters. The summed E-state index contributed by atoms with van der Waals surface area (Å²) in [6.07, 6.45) is 15.3. The summed E-state index contributed by atoms with van der Waals surface area (Å²) in [6, 6.07) is 16.7. The Morgan fingerprint density at radius 3 is 2.20 bits per heavy atom. The van der Waals surface area contributed by atoms with E-state index in [4.69, 9.17) is 14.5 Å². The normalized spacial score (nSPS) is 15.7. The van der Waals surface area contributed by atoms with Crippen molar-refractivity contribution in [1.82, 2.24) is 20.1 Å². The number of rotatable bonds is 4. The smallest absolute Gasteiger partial charge is 0.278 e. The van der Waals surface area contributed by atoms with E-state index >= 15 is 0 Å². The van der Waals surface area contributed by atoms with Gasteiger partial charge < -0.3 is 4.52 Å². The fourth-order valence-electron chi connectivity index (χ4n) is 4.78. The average molecular weight is 471 g/mol. The third-order valence-electron chi connectivity index (χ3n) is 6.83. The number of aromatic nitrogens is 4. The van der Waals surface area contributed by atoms with Gasteiger partial charge in [0.1, 0.15) is 5.69 Å². The first kappa shape index (κ1) is 25.0. The highest BCUT2D eigenvalue weighted by Crippen LogP contribution is 2.29. The second-order valence-corrected chi connectivity index (χ2v) is 9.78. The summed E-state index contributed by atoms with van der Waals surface area (Å²) in [7, 11) is 0. The Labute approximate surface area is 209 Å². The molecule has 5 nitrogen and oxygen atoms in total. The van der Waals surface area contributed by atoms with Crippen LogP contribution < -0.4 is 0 Å². The van der Waals surface area contributed by atoms with Crippen LogP contribution in [-0.2, 0) is 6.42 Å². The zero-order valence-electron chi connectivity index (χ0n) is 21.2. The molecule has 1 saturated carbocycles. The standard InChI is InChI=1S/C30H38N4O/c1-23-16-12-8-7-9-13-17-25(20-23)21-27-24(2)31-22-28(32-27)30-33-29(34-35-30)26-18-14-10-5-3-4-6-11-15-19-26/h7-9,12-13,16-17,20,22,26H,3-6,10-11,14-15,18-19,21H2,1-2H3. The molecule has 1 aromatic carbocycles. The molecule has 0 amide bonds. The van der Waals surface area contributed by atoms with Crippen LogP contribution in [0.2, 0.25) is 0 Å². The van der Waals surface area contributed by atoms with Crippen LogP contribution in [0.5, 0.6) is 0 Å². The predicted molar refractivity (Wildman–Crippen MR) is 141 cm³/mol. The van der Waals surface area contributed by atoms with Crippen LogP contribution in [0.15, 0.2) is 59.3 Å². The van der Waals surface area contributed by atoms with Gasteiger partial charge in [-0.1, -0.05) is 111 Å². The van der Waals surface area contributed by atoms with Crippen LogP contribution in [0.4, 0.5) is 0 Å². The highest BCUT2D eigenvalue weighted by atomic mass is 16.5. The molecule has 0 radical (unpaired) electrons. The number of aryl methyl sites for hydroxylation is 2. The zero-order chi connectivity index (χ0) is 24.3. The van der Waals surface area contributed by atoms with Crippen molar-refractivity contribution in [2.75, 3.05) is 0 Å². The van der Waals surface area contributed by atoms with Crippen LogP contribution in [0.25, 0.3) is 11.6 Å². The third-order valence-corrected chi connectivity index (χ3v) is 6.83. The van der Waals surface area contributed by atoms with E-state index < -0.39 is 0 Å². The number of hydrogen-bond donors (Lipinski definition) is 0. The SMILES string of the molecule is Cc1cccccccc(Cc2nc(-c3nc(C4CCCCCCCCCC4)no3)cnc2C)c1. The summed E-state index contributed by atoms with van der Waals surface area (Å²) in [5.74, 6) is 1.68. The Hall–Kier alpha value is -3.08. The minimum atomic E-state index is 0.374. The van der Waals surface area contributed by atoms with Gasteiger partial charge >= 0.3 is 0 Å². The predicted octanol–water partition coefficient (Wildman–Crippen LogP) is 7.86. The molecule has 5 heteroatoms. The topological polar surface area (TPSA) is 64.7 Å². The first-order valence-corrected chi connectivity index (χ1v) is 13.2. The summed E-state index contributed by atoms with van der Waals surface area (Å²) in [6.45, 7) is 4.11. The molecular weight excluding hydrogens is 432 g/mol. The Bertz CT molecular complexity index is 1130. The molecule has 1 aliphatic carbocycles. The van der Waals surface area contributed by atoms with Crippen LogP contribution >= 0.6 is 0 Å². The van der Waals surface area contributed by atoms with Gasteiger partial charge in [0.05, 0.1) is 17.6 Å². The van der Waals surface area contributed by atoms with Crippen molar-refractivity contribution in [3.63, 3.8) is 0 Å². The Kier molecular flexibility index (Phi) is 9.39. The van der Waals surface area contributed by atoms with Crippen LogP contribution in [0, 0.1) is 13.8 Å². The average Bonchev–Trinajstić information content (AvgIpc) is 3.32. The molecule has 2 aromatic heterocycles. The molecule has 1 aliphatic rings. The molecule has 35 heavy (non-hydrogen) atoms. The van der Waals surface area contributed by atoms with E-state index in [1.165, 1.54) is 62.5 Å². The van der Waals surface area contributed by atoms with Crippen molar-refractivity contribution in [2.45, 2.75) is 90.4 Å². The fraction of sp³-hybridized carbons (Fsp3) is 0.467. The molecule has 2 heterocycles. The first-order chi connectivity index (χ1) is 17.2. The van der Waals surface area contributed by atoms with Crippen LogP contribution in [0.1, 0.15) is 98.5 Å². The van der Waals surface area contributed by atoms with E-state index in [0.29, 0.717) is 23.9 Å². The third kappa shape index (κ3) is 7.71. The van der Waals surface area contributed by atoms with Crippen molar-refractivity contribution >= 4 is 0 Å². The monoisotopic (exact) mass is 470 g/mol. The number of nitrogens with zero attached hydrogens (tertiary/aromatic N) is 4.